The van der Waals surface area contributed by atoms with Gasteiger partial charge < -0.3 is 9.88 Å². The Morgan fingerprint density at radius 2 is 1.82 bits per heavy atom. The summed E-state index contributed by atoms with van der Waals surface area (Å²) < 4.78 is 1.78. The highest BCUT2D eigenvalue weighted by molar-refractivity contribution is 7.98. The molecule has 0 aliphatic heterocycles. The predicted octanol–water partition coefficient (Wildman–Crippen LogP) is 5.90. The number of nitrogens with zero attached hydrogens (tertiary/aromatic N) is 3. The summed E-state index contributed by atoms with van der Waals surface area (Å²) in [5.74, 6) is 0.922. The molecule has 0 fully saturated rings. The number of anilines is 1. The largest absolute Gasteiger partial charge is 0.326 e. The van der Waals surface area contributed by atoms with Crippen molar-refractivity contribution in [1.29, 1.82) is 0 Å². The van der Waals surface area contributed by atoms with Gasteiger partial charge in [-0.05, 0) is 35.9 Å². The minimum atomic E-state index is -0.230. The quantitative estimate of drug-likeness (QED) is 0.450. The minimum absolute atomic E-state index is 0.0754. The Morgan fingerprint density at radius 3 is 2.54 bits per heavy atom. The van der Waals surface area contributed by atoms with Crippen LogP contribution in [0, 0.1) is 0 Å². The van der Waals surface area contributed by atoms with Crippen LogP contribution >= 0.6 is 58.2 Å². The lowest BCUT2D eigenvalue weighted by atomic mass is 10.2. The zero-order valence-electron chi connectivity index (χ0n) is 14.5. The third kappa shape index (κ3) is 5.33. The van der Waals surface area contributed by atoms with E-state index in [1.54, 1.807) is 34.9 Å². The van der Waals surface area contributed by atoms with Crippen molar-refractivity contribution in [3.63, 3.8) is 0 Å². The predicted molar refractivity (Wildman–Crippen MR) is 116 cm³/mol. The van der Waals surface area contributed by atoms with Crippen LogP contribution in [-0.2, 0) is 24.0 Å². The van der Waals surface area contributed by atoms with Gasteiger partial charge >= 0.3 is 0 Å². The molecule has 5 nitrogen and oxygen atoms in total. The molecule has 0 spiro atoms. The molecule has 1 N–H and O–H groups in total. The zero-order valence-corrected chi connectivity index (χ0v) is 18.4. The number of halogens is 4. The maximum absolute atomic E-state index is 12.3. The van der Waals surface area contributed by atoms with Gasteiger partial charge in [0.1, 0.15) is 5.82 Å². The second-order valence-corrected chi connectivity index (χ2v) is 8.44. The summed E-state index contributed by atoms with van der Waals surface area (Å²) in [6.07, 6.45) is 0.0754. The fourth-order valence-corrected chi connectivity index (χ4v) is 4.11. The highest BCUT2D eigenvalue weighted by atomic mass is 35.5. The summed E-state index contributed by atoms with van der Waals surface area (Å²) in [4.78, 5) is 12.3. The topological polar surface area (TPSA) is 59.8 Å². The van der Waals surface area contributed by atoms with Crippen molar-refractivity contribution < 1.29 is 4.79 Å². The third-order valence-electron chi connectivity index (χ3n) is 3.82. The zero-order chi connectivity index (χ0) is 20.3. The van der Waals surface area contributed by atoms with E-state index in [-0.39, 0.29) is 12.3 Å². The molecule has 1 amide bonds. The molecule has 2 aromatic carbocycles. The Morgan fingerprint density at radius 1 is 1.04 bits per heavy atom. The maximum atomic E-state index is 12.3. The number of carbonyl (C=O) groups excluding carboxylic acids is 1. The van der Waals surface area contributed by atoms with Gasteiger partial charge in [0.05, 0.1) is 16.5 Å². The van der Waals surface area contributed by atoms with E-state index >= 15 is 0 Å². The summed E-state index contributed by atoms with van der Waals surface area (Å²) in [5.41, 5.74) is 1.51. The molecule has 0 unspecified atom stereocenters. The third-order valence-corrected chi connectivity index (χ3v) is 6.21. The van der Waals surface area contributed by atoms with E-state index in [1.165, 1.54) is 11.8 Å². The number of hydrogen-bond acceptors (Lipinski definition) is 4. The first-order valence-electron chi connectivity index (χ1n) is 8.03. The van der Waals surface area contributed by atoms with E-state index in [2.05, 4.69) is 15.5 Å². The van der Waals surface area contributed by atoms with Crippen LogP contribution in [0.4, 0.5) is 5.69 Å². The number of carbonyl (C=O) groups is 1. The summed E-state index contributed by atoms with van der Waals surface area (Å²) in [7, 11) is 1.81. The molecule has 0 aliphatic carbocycles. The summed E-state index contributed by atoms with van der Waals surface area (Å²) >= 11 is 25.4. The first-order valence-corrected chi connectivity index (χ1v) is 10.5. The van der Waals surface area contributed by atoms with Crippen molar-refractivity contribution in [2.45, 2.75) is 17.3 Å². The molecule has 0 radical (unpaired) electrons. The Labute approximate surface area is 186 Å². The number of rotatable bonds is 6. The van der Waals surface area contributed by atoms with Crippen molar-refractivity contribution in [1.82, 2.24) is 14.8 Å². The Balaban J connectivity index is 1.62. The molecule has 1 aromatic heterocycles. The number of aromatic nitrogens is 3. The van der Waals surface area contributed by atoms with Crippen molar-refractivity contribution in [3.05, 3.63) is 67.9 Å². The van der Waals surface area contributed by atoms with Gasteiger partial charge in [-0.2, -0.15) is 0 Å². The summed E-state index contributed by atoms with van der Waals surface area (Å²) in [6.45, 7) is 0. The highest BCUT2D eigenvalue weighted by Crippen LogP contribution is 2.28. The SMILES string of the molecule is Cn1c(CC(=O)Nc2ccc(Cl)c(Cl)c2)nnc1SCc1ccc(Cl)cc1Cl. The number of amides is 1. The van der Waals surface area contributed by atoms with E-state index in [9.17, 15) is 4.79 Å². The van der Waals surface area contributed by atoms with E-state index in [0.717, 1.165) is 5.56 Å². The van der Waals surface area contributed by atoms with Crippen LogP contribution in [0.3, 0.4) is 0 Å². The van der Waals surface area contributed by atoms with Crippen molar-refractivity contribution in [2.75, 3.05) is 5.32 Å². The molecule has 3 rings (SSSR count). The number of nitrogens with one attached hydrogen (secondary N) is 1. The maximum Gasteiger partial charge on any atom is 0.232 e. The van der Waals surface area contributed by atoms with Crippen LogP contribution in [0.5, 0.6) is 0 Å². The average molecular weight is 476 g/mol. The van der Waals surface area contributed by atoms with Gasteiger partial charge in [-0.15, -0.1) is 10.2 Å². The first-order chi connectivity index (χ1) is 13.3. The Bertz CT molecular complexity index is 1020. The van der Waals surface area contributed by atoms with Crippen LogP contribution in [0.2, 0.25) is 20.1 Å². The molecular formula is C18H14Cl4N4OS. The first kappa shape index (κ1) is 21.3. The molecule has 1 heterocycles. The minimum Gasteiger partial charge on any atom is -0.326 e. The van der Waals surface area contributed by atoms with Gasteiger partial charge in [-0.3, -0.25) is 4.79 Å². The number of benzene rings is 2. The van der Waals surface area contributed by atoms with Crippen LogP contribution in [-0.4, -0.2) is 20.7 Å². The molecule has 28 heavy (non-hydrogen) atoms. The molecule has 10 heteroatoms. The smallest absolute Gasteiger partial charge is 0.232 e. The lowest BCUT2D eigenvalue weighted by molar-refractivity contribution is -0.115. The van der Waals surface area contributed by atoms with E-state index in [0.29, 0.717) is 42.5 Å². The molecule has 146 valence electrons. The van der Waals surface area contributed by atoms with Gasteiger partial charge in [0.2, 0.25) is 5.91 Å². The van der Waals surface area contributed by atoms with Gasteiger partial charge in [0, 0.05) is 28.5 Å². The lowest BCUT2D eigenvalue weighted by Crippen LogP contribution is -2.17. The van der Waals surface area contributed by atoms with E-state index < -0.39 is 0 Å². The number of hydrogen-bond donors (Lipinski definition) is 1. The van der Waals surface area contributed by atoms with Gasteiger partial charge in [-0.1, -0.05) is 64.2 Å². The fourth-order valence-electron chi connectivity index (χ4n) is 2.33. The monoisotopic (exact) mass is 474 g/mol. The second-order valence-electron chi connectivity index (χ2n) is 5.84. The molecule has 0 atom stereocenters. The van der Waals surface area contributed by atoms with Gasteiger partial charge in [0.15, 0.2) is 5.16 Å². The van der Waals surface area contributed by atoms with E-state index in [1.807, 2.05) is 13.1 Å². The van der Waals surface area contributed by atoms with Gasteiger partial charge in [0.25, 0.3) is 0 Å². The molecule has 3 aromatic rings. The molecule has 0 aliphatic rings. The van der Waals surface area contributed by atoms with Crippen LogP contribution in [0.25, 0.3) is 0 Å². The van der Waals surface area contributed by atoms with Gasteiger partial charge in [-0.25, -0.2) is 0 Å². The van der Waals surface area contributed by atoms with Crippen LogP contribution in [0.1, 0.15) is 11.4 Å². The average Bonchev–Trinajstić information content (AvgIpc) is 2.97. The summed E-state index contributed by atoms with van der Waals surface area (Å²) in [6, 6.07) is 10.3. The Hall–Kier alpha value is -1.44. The second kappa shape index (κ2) is 9.37. The van der Waals surface area contributed by atoms with Crippen molar-refractivity contribution >= 4 is 69.8 Å². The van der Waals surface area contributed by atoms with Crippen LogP contribution in [0.15, 0.2) is 41.6 Å². The van der Waals surface area contributed by atoms with Crippen molar-refractivity contribution in [2.24, 2.45) is 7.05 Å². The normalized spacial score (nSPS) is 10.9. The lowest BCUT2D eigenvalue weighted by Gasteiger charge is -2.07. The van der Waals surface area contributed by atoms with E-state index in [4.69, 9.17) is 46.4 Å². The summed E-state index contributed by atoms with van der Waals surface area (Å²) in [5, 5.41) is 13.7. The Kier molecular flexibility index (Phi) is 7.12. The van der Waals surface area contributed by atoms with Crippen LogP contribution < -0.4 is 5.32 Å². The number of thioether (sulfide) groups is 1. The standard InChI is InChI=1S/C18H14Cl4N4OS/c1-26-16(8-17(27)23-12-4-5-13(20)15(22)7-12)24-25-18(26)28-9-10-2-3-11(19)6-14(10)21/h2-7H,8-9H2,1H3,(H,23,27). The molecule has 0 saturated heterocycles. The fraction of sp³-hybridized carbons (Fsp3) is 0.167. The molecule has 0 saturated carbocycles. The molecular weight excluding hydrogens is 462 g/mol. The van der Waals surface area contributed by atoms with Crippen molar-refractivity contribution in [3.8, 4) is 0 Å². The molecule has 0 bridgehead atoms. The highest BCUT2D eigenvalue weighted by Gasteiger charge is 2.14.